The van der Waals surface area contributed by atoms with Gasteiger partial charge in [-0.25, -0.2) is 0 Å². The third-order valence-electron chi connectivity index (χ3n) is 3.94. The van der Waals surface area contributed by atoms with E-state index in [0.29, 0.717) is 17.7 Å². The van der Waals surface area contributed by atoms with Crippen molar-refractivity contribution in [2.45, 2.75) is 32.9 Å². The zero-order chi connectivity index (χ0) is 14.9. The lowest BCUT2D eigenvalue weighted by molar-refractivity contribution is -0.385. The van der Waals surface area contributed by atoms with Crippen molar-refractivity contribution in [3.8, 4) is 0 Å². The summed E-state index contributed by atoms with van der Waals surface area (Å²) >= 11 is 0. The van der Waals surface area contributed by atoms with Gasteiger partial charge in [0, 0.05) is 42.4 Å². The van der Waals surface area contributed by atoms with Crippen molar-refractivity contribution < 1.29 is 9.72 Å². The van der Waals surface area contributed by atoms with Gasteiger partial charge < -0.3 is 10.2 Å². The first-order valence-corrected chi connectivity index (χ1v) is 6.71. The van der Waals surface area contributed by atoms with Gasteiger partial charge in [0.25, 0.3) is 11.6 Å². The van der Waals surface area contributed by atoms with Crippen LogP contribution in [0.1, 0.15) is 29.8 Å². The summed E-state index contributed by atoms with van der Waals surface area (Å²) in [6, 6.07) is 4.88. The molecule has 0 aromatic heterocycles. The van der Waals surface area contributed by atoms with Gasteiger partial charge in [-0.15, -0.1) is 12.4 Å². The van der Waals surface area contributed by atoms with E-state index in [9.17, 15) is 14.9 Å². The van der Waals surface area contributed by atoms with Gasteiger partial charge in [-0.3, -0.25) is 14.9 Å². The van der Waals surface area contributed by atoms with E-state index in [1.54, 1.807) is 13.0 Å². The van der Waals surface area contributed by atoms with Gasteiger partial charge in [-0.1, -0.05) is 0 Å². The highest BCUT2D eigenvalue weighted by Gasteiger charge is 2.29. The summed E-state index contributed by atoms with van der Waals surface area (Å²) in [5.74, 6) is -0.0659. The number of halogens is 1. The number of nitrogens with one attached hydrogen (secondary N) is 1. The number of amides is 1. The Kier molecular flexibility index (Phi) is 5.69. The van der Waals surface area contributed by atoms with Crippen LogP contribution in [0, 0.1) is 17.0 Å². The van der Waals surface area contributed by atoms with Crippen LogP contribution in [0.15, 0.2) is 18.2 Å². The monoisotopic (exact) mass is 313 g/mol. The molecule has 1 heterocycles. The first-order chi connectivity index (χ1) is 9.41. The second-order valence-electron chi connectivity index (χ2n) is 5.24. The maximum atomic E-state index is 12.5. The highest BCUT2D eigenvalue weighted by molar-refractivity contribution is 5.95. The molecule has 0 bridgehead atoms. The largest absolute Gasteiger partial charge is 0.333 e. The molecule has 2 atom stereocenters. The molecule has 1 fully saturated rings. The van der Waals surface area contributed by atoms with E-state index in [2.05, 4.69) is 5.32 Å². The number of carbonyl (C=O) groups is 1. The topological polar surface area (TPSA) is 75.5 Å². The number of piperazine rings is 1. The van der Waals surface area contributed by atoms with E-state index in [1.807, 2.05) is 18.7 Å². The van der Waals surface area contributed by atoms with Crippen molar-refractivity contribution in [3.05, 3.63) is 39.4 Å². The molecule has 1 aliphatic heterocycles. The second-order valence-corrected chi connectivity index (χ2v) is 5.24. The predicted molar refractivity (Wildman–Crippen MR) is 83.0 cm³/mol. The lowest BCUT2D eigenvalue weighted by atomic mass is 10.0. The van der Waals surface area contributed by atoms with Gasteiger partial charge in [-0.05, 0) is 32.9 Å². The Morgan fingerprint density at radius 1 is 1.43 bits per heavy atom. The van der Waals surface area contributed by atoms with E-state index in [4.69, 9.17) is 0 Å². The van der Waals surface area contributed by atoms with Gasteiger partial charge in [0.15, 0.2) is 0 Å². The Balaban J connectivity index is 0.00000220. The van der Waals surface area contributed by atoms with E-state index < -0.39 is 4.92 Å². The maximum Gasteiger partial charge on any atom is 0.272 e. The number of hydrogen-bond donors (Lipinski definition) is 1. The third kappa shape index (κ3) is 3.51. The summed E-state index contributed by atoms with van der Waals surface area (Å²) in [6.45, 7) is 7.13. The van der Waals surface area contributed by atoms with E-state index in [-0.39, 0.29) is 36.1 Å². The van der Waals surface area contributed by atoms with Gasteiger partial charge >= 0.3 is 0 Å². The molecule has 2 rings (SSSR count). The van der Waals surface area contributed by atoms with Gasteiger partial charge in [0.1, 0.15) is 0 Å². The first-order valence-electron chi connectivity index (χ1n) is 6.71. The van der Waals surface area contributed by atoms with Crippen LogP contribution >= 0.6 is 12.4 Å². The number of nitro groups is 1. The fourth-order valence-electron chi connectivity index (χ4n) is 2.50. The van der Waals surface area contributed by atoms with Crippen LogP contribution in [0.3, 0.4) is 0 Å². The average Bonchev–Trinajstić information content (AvgIpc) is 2.40. The highest BCUT2D eigenvalue weighted by Crippen LogP contribution is 2.21. The summed E-state index contributed by atoms with van der Waals surface area (Å²) in [5, 5.41) is 14.1. The summed E-state index contributed by atoms with van der Waals surface area (Å²) < 4.78 is 0. The lowest BCUT2D eigenvalue weighted by Gasteiger charge is -2.38. The summed E-state index contributed by atoms with van der Waals surface area (Å²) in [7, 11) is 0. The zero-order valence-electron chi connectivity index (χ0n) is 12.3. The predicted octanol–water partition coefficient (Wildman–Crippen LogP) is 2.15. The van der Waals surface area contributed by atoms with Crippen molar-refractivity contribution in [2.75, 3.05) is 13.1 Å². The van der Waals surface area contributed by atoms with Crippen molar-refractivity contribution in [2.24, 2.45) is 0 Å². The zero-order valence-corrected chi connectivity index (χ0v) is 13.1. The highest BCUT2D eigenvalue weighted by atomic mass is 35.5. The van der Waals surface area contributed by atoms with E-state index in [0.717, 1.165) is 6.54 Å². The molecule has 1 aromatic rings. The van der Waals surface area contributed by atoms with E-state index >= 15 is 0 Å². The van der Waals surface area contributed by atoms with Crippen LogP contribution in [0.2, 0.25) is 0 Å². The molecule has 7 heteroatoms. The van der Waals surface area contributed by atoms with Gasteiger partial charge in [0.2, 0.25) is 0 Å². The molecule has 1 aliphatic rings. The third-order valence-corrected chi connectivity index (χ3v) is 3.94. The number of rotatable bonds is 2. The Morgan fingerprint density at radius 3 is 2.67 bits per heavy atom. The number of carbonyl (C=O) groups excluding carboxylic acids is 1. The summed E-state index contributed by atoms with van der Waals surface area (Å²) in [4.78, 5) is 24.7. The number of nitro benzene ring substituents is 1. The SMILES string of the molecule is Cc1cc(C(=O)N2CCNC(C)C2C)ccc1[N+](=O)[O-].Cl. The van der Waals surface area contributed by atoms with Gasteiger partial charge in [-0.2, -0.15) is 0 Å². The van der Waals surface area contributed by atoms with Crippen LogP contribution in [-0.2, 0) is 0 Å². The normalized spacial score (nSPS) is 21.6. The molecule has 0 radical (unpaired) electrons. The lowest BCUT2D eigenvalue weighted by Crippen LogP contribution is -2.57. The maximum absolute atomic E-state index is 12.5. The van der Waals surface area contributed by atoms with Crippen LogP contribution < -0.4 is 5.32 Å². The summed E-state index contributed by atoms with van der Waals surface area (Å²) in [5.41, 5.74) is 1.06. The number of hydrogen-bond acceptors (Lipinski definition) is 4. The number of benzene rings is 1. The Morgan fingerprint density at radius 2 is 2.10 bits per heavy atom. The number of aryl methyl sites for hydroxylation is 1. The Labute approximate surface area is 130 Å². The molecular weight excluding hydrogens is 294 g/mol. The molecule has 1 saturated heterocycles. The molecule has 6 nitrogen and oxygen atoms in total. The molecular formula is C14H20ClN3O3. The minimum atomic E-state index is -0.431. The van der Waals surface area contributed by atoms with Crippen molar-refractivity contribution in [1.29, 1.82) is 0 Å². The molecule has 1 amide bonds. The molecule has 2 unspecified atom stereocenters. The van der Waals surface area contributed by atoms with Crippen LogP contribution in [0.5, 0.6) is 0 Å². The fraction of sp³-hybridized carbons (Fsp3) is 0.500. The molecule has 116 valence electrons. The Hall–Kier alpha value is -1.66. The molecule has 1 aromatic carbocycles. The summed E-state index contributed by atoms with van der Waals surface area (Å²) in [6.07, 6.45) is 0. The van der Waals surface area contributed by atoms with E-state index in [1.165, 1.54) is 12.1 Å². The number of nitrogens with zero attached hydrogens (tertiary/aromatic N) is 2. The molecule has 0 spiro atoms. The van der Waals surface area contributed by atoms with Crippen molar-refractivity contribution in [3.63, 3.8) is 0 Å². The van der Waals surface area contributed by atoms with Crippen molar-refractivity contribution >= 4 is 24.0 Å². The molecule has 21 heavy (non-hydrogen) atoms. The van der Waals surface area contributed by atoms with Crippen LogP contribution in [0.25, 0.3) is 0 Å². The van der Waals surface area contributed by atoms with Gasteiger partial charge in [0.05, 0.1) is 4.92 Å². The molecule has 1 N–H and O–H groups in total. The minimum absolute atomic E-state index is 0. The minimum Gasteiger partial charge on any atom is -0.333 e. The quantitative estimate of drug-likeness (QED) is 0.670. The standard InChI is InChI=1S/C14H19N3O3.ClH/c1-9-8-12(4-5-13(9)17(19)20)14(18)16-7-6-15-10(2)11(16)3;/h4-5,8,10-11,15H,6-7H2,1-3H3;1H. The second kappa shape index (κ2) is 6.87. The van der Waals surface area contributed by atoms with Crippen LogP contribution in [-0.4, -0.2) is 40.9 Å². The first kappa shape index (κ1) is 17.4. The fourth-order valence-corrected chi connectivity index (χ4v) is 2.50. The average molecular weight is 314 g/mol. The Bertz CT molecular complexity index is 550. The molecule has 0 aliphatic carbocycles. The smallest absolute Gasteiger partial charge is 0.272 e. The molecule has 0 saturated carbocycles. The van der Waals surface area contributed by atoms with Crippen LogP contribution in [0.4, 0.5) is 5.69 Å². The van der Waals surface area contributed by atoms with Crippen molar-refractivity contribution in [1.82, 2.24) is 10.2 Å².